The Bertz CT molecular complexity index is 858. The number of nitrogens with one attached hydrogen (secondary N) is 3. The number of nitrogens with two attached hydrogens (primary N) is 1. The first-order valence-electron chi connectivity index (χ1n) is 8.63. The van der Waals surface area contributed by atoms with Crippen molar-refractivity contribution in [1.82, 2.24) is 10.3 Å². The van der Waals surface area contributed by atoms with Crippen molar-refractivity contribution in [2.45, 2.75) is 19.9 Å². The molecular formula is C19H22FN5O3. The standard InChI is InChI=1S/C19H22FN5O3/c1-11(2)17(21)19(28)23-10-16(26)24-15-9-12(20)6-7-13(15)25-18(27)14-5-3-4-8-22-14/h3-9,11,17H,10,21H2,1-2H3,(H,23,28)(H,24,26)(H,25,27)/t17-/m0/s1. The van der Waals surface area contributed by atoms with Crippen molar-refractivity contribution >= 4 is 29.1 Å². The number of halogens is 1. The maximum atomic E-state index is 13.6. The van der Waals surface area contributed by atoms with Crippen LogP contribution in [-0.4, -0.2) is 35.3 Å². The van der Waals surface area contributed by atoms with Crippen LogP contribution in [0, 0.1) is 11.7 Å². The van der Waals surface area contributed by atoms with Gasteiger partial charge in [0.1, 0.15) is 11.5 Å². The Morgan fingerprint density at radius 2 is 1.86 bits per heavy atom. The number of anilines is 2. The zero-order valence-corrected chi connectivity index (χ0v) is 15.5. The van der Waals surface area contributed by atoms with E-state index in [1.165, 1.54) is 18.3 Å². The van der Waals surface area contributed by atoms with Gasteiger partial charge in [-0.1, -0.05) is 19.9 Å². The minimum Gasteiger partial charge on any atom is -0.346 e. The van der Waals surface area contributed by atoms with Gasteiger partial charge in [0.05, 0.1) is 24.0 Å². The second kappa shape index (κ2) is 9.56. The van der Waals surface area contributed by atoms with E-state index in [4.69, 9.17) is 5.73 Å². The third kappa shape index (κ3) is 5.85. The molecule has 5 N–H and O–H groups in total. The summed E-state index contributed by atoms with van der Waals surface area (Å²) in [5, 5.41) is 7.45. The van der Waals surface area contributed by atoms with Gasteiger partial charge in [0, 0.05) is 6.20 Å². The van der Waals surface area contributed by atoms with E-state index in [0.29, 0.717) is 0 Å². The fourth-order valence-corrected chi connectivity index (χ4v) is 2.19. The Morgan fingerprint density at radius 3 is 2.50 bits per heavy atom. The van der Waals surface area contributed by atoms with Gasteiger partial charge in [-0.2, -0.15) is 0 Å². The molecule has 0 saturated carbocycles. The van der Waals surface area contributed by atoms with E-state index in [2.05, 4.69) is 20.9 Å². The summed E-state index contributed by atoms with van der Waals surface area (Å²) < 4.78 is 13.6. The normalized spacial score (nSPS) is 11.6. The minimum absolute atomic E-state index is 0.0525. The third-order valence-electron chi connectivity index (χ3n) is 3.85. The quantitative estimate of drug-likeness (QED) is 0.573. The summed E-state index contributed by atoms with van der Waals surface area (Å²) in [7, 11) is 0. The van der Waals surface area contributed by atoms with Crippen molar-refractivity contribution in [2.24, 2.45) is 11.7 Å². The summed E-state index contributed by atoms with van der Waals surface area (Å²) in [6.07, 6.45) is 1.47. The van der Waals surface area contributed by atoms with E-state index in [0.717, 1.165) is 12.1 Å². The lowest BCUT2D eigenvalue weighted by molar-refractivity contribution is -0.125. The maximum Gasteiger partial charge on any atom is 0.274 e. The average molecular weight is 387 g/mol. The number of carbonyl (C=O) groups is 3. The molecule has 0 fully saturated rings. The molecule has 0 aliphatic rings. The van der Waals surface area contributed by atoms with Crippen LogP contribution in [-0.2, 0) is 9.59 Å². The third-order valence-corrected chi connectivity index (χ3v) is 3.85. The molecule has 0 aliphatic heterocycles. The second-order valence-electron chi connectivity index (χ2n) is 6.39. The molecule has 148 valence electrons. The van der Waals surface area contributed by atoms with Gasteiger partial charge in [-0.05, 0) is 36.2 Å². The maximum absolute atomic E-state index is 13.6. The van der Waals surface area contributed by atoms with Gasteiger partial charge < -0.3 is 21.7 Å². The first-order chi connectivity index (χ1) is 13.3. The fourth-order valence-electron chi connectivity index (χ4n) is 2.19. The SMILES string of the molecule is CC(C)[C@H](N)C(=O)NCC(=O)Nc1cc(F)ccc1NC(=O)c1ccccn1. The van der Waals surface area contributed by atoms with Crippen LogP contribution in [0.2, 0.25) is 0 Å². The molecule has 9 heteroatoms. The van der Waals surface area contributed by atoms with Crippen molar-refractivity contribution in [3.05, 3.63) is 54.1 Å². The monoisotopic (exact) mass is 387 g/mol. The van der Waals surface area contributed by atoms with Crippen LogP contribution in [0.5, 0.6) is 0 Å². The summed E-state index contributed by atoms with van der Waals surface area (Å²) in [5.74, 6) is -2.26. The van der Waals surface area contributed by atoms with Gasteiger partial charge in [0.25, 0.3) is 5.91 Å². The van der Waals surface area contributed by atoms with Crippen molar-refractivity contribution in [3.8, 4) is 0 Å². The zero-order valence-electron chi connectivity index (χ0n) is 15.5. The zero-order chi connectivity index (χ0) is 20.7. The van der Waals surface area contributed by atoms with Crippen LogP contribution in [0.15, 0.2) is 42.6 Å². The largest absolute Gasteiger partial charge is 0.346 e. The van der Waals surface area contributed by atoms with Gasteiger partial charge in [0.15, 0.2) is 0 Å². The number of amides is 3. The van der Waals surface area contributed by atoms with Crippen LogP contribution >= 0.6 is 0 Å². The Labute approximate surface area is 161 Å². The molecule has 0 spiro atoms. The van der Waals surface area contributed by atoms with Gasteiger partial charge in [-0.25, -0.2) is 4.39 Å². The lowest BCUT2D eigenvalue weighted by Gasteiger charge is -2.16. The predicted octanol–water partition coefficient (Wildman–Crippen LogP) is 1.51. The number of hydrogen-bond acceptors (Lipinski definition) is 5. The predicted molar refractivity (Wildman–Crippen MR) is 103 cm³/mol. The van der Waals surface area contributed by atoms with E-state index < -0.39 is 29.6 Å². The minimum atomic E-state index is -0.741. The molecule has 1 atom stereocenters. The van der Waals surface area contributed by atoms with Gasteiger partial charge in [-0.3, -0.25) is 19.4 Å². The number of rotatable bonds is 7. The molecule has 0 unspecified atom stereocenters. The molecule has 0 saturated heterocycles. The van der Waals surface area contributed by atoms with Crippen LogP contribution in [0.3, 0.4) is 0 Å². The average Bonchev–Trinajstić information content (AvgIpc) is 2.68. The van der Waals surface area contributed by atoms with Gasteiger partial charge in [-0.15, -0.1) is 0 Å². The molecule has 1 aromatic heterocycles. The highest BCUT2D eigenvalue weighted by Gasteiger charge is 2.18. The summed E-state index contributed by atoms with van der Waals surface area (Å²) in [4.78, 5) is 40.1. The van der Waals surface area contributed by atoms with E-state index >= 15 is 0 Å². The van der Waals surface area contributed by atoms with Crippen molar-refractivity contribution in [3.63, 3.8) is 0 Å². The Kier molecular flexibility index (Phi) is 7.16. The molecule has 1 aromatic carbocycles. The van der Waals surface area contributed by atoms with E-state index in [1.54, 1.807) is 26.0 Å². The molecule has 1 heterocycles. The highest BCUT2D eigenvalue weighted by atomic mass is 19.1. The summed E-state index contributed by atoms with van der Waals surface area (Å²) in [5.41, 5.74) is 6.11. The second-order valence-corrected chi connectivity index (χ2v) is 6.39. The molecule has 2 aromatic rings. The first kappa shape index (κ1) is 21.0. The van der Waals surface area contributed by atoms with E-state index in [-0.39, 0.29) is 29.5 Å². The van der Waals surface area contributed by atoms with Crippen molar-refractivity contribution < 1.29 is 18.8 Å². The first-order valence-corrected chi connectivity index (χ1v) is 8.63. The van der Waals surface area contributed by atoms with Crippen LogP contribution in [0.4, 0.5) is 15.8 Å². The summed E-state index contributed by atoms with van der Waals surface area (Å²) >= 11 is 0. The van der Waals surface area contributed by atoms with Gasteiger partial charge in [0.2, 0.25) is 11.8 Å². The van der Waals surface area contributed by atoms with E-state index in [9.17, 15) is 18.8 Å². The molecular weight excluding hydrogens is 365 g/mol. The topological polar surface area (TPSA) is 126 Å². The number of benzene rings is 1. The smallest absolute Gasteiger partial charge is 0.274 e. The number of pyridine rings is 1. The molecule has 0 radical (unpaired) electrons. The Morgan fingerprint density at radius 1 is 1.11 bits per heavy atom. The Hall–Kier alpha value is -3.33. The number of aromatic nitrogens is 1. The van der Waals surface area contributed by atoms with Crippen LogP contribution in [0.25, 0.3) is 0 Å². The Balaban J connectivity index is 2.04. The van der Waals surface area contributed by atoms with Crippen LogP contribution < -0.4 is 21.7 Å². The molecule has 0 bridgehead atoms. The number of hydrogen-bond donors (Lipinski definition) is 4. The van der Waals surface area contributed by atoms with Crippen molar-refractivity contribution in [2.75, 3.05) is 17.2 Å². The molecule has 28 heavy (non-hydrogen) atoms. The summed E-state index contributed by atoms with van der Waals surface area (Å²) in [6.45, 7) is 3.23. The number of carbonyl (C=O) groups excluding carboxylic acids is 3. The highest BCUT2D eigenvalue weighted by Crippen LogP contribution is 2.23. The van der Waals surface area contributed by atoms with Crippen LogP contribution in [0.1, 0.15) is 24.3 Å². The van der Waals surface area contributed by atoms with E-state index in [1.807, 2.05) is 0 Å². The lowest BCUT2D eigenvalue weighted by Crippen LogP contribution is -2.46. The lowest BCUT2D eigenvalue weighted by atomic mass is 10.1. The van der Waals surface area contributed by atoms with Crippen molar-refractivity contribution in [1.29, 1.82) is 0 Å². The molecule has 0 aliphatic carbocycles. The summed E-state index contributed by atoms with van der Waals surface area (Å²) in [6, 6.07) is 7.62. The molecule has 3 amide bonds. The number of nitrogens with zero attached hydrogens (tertiary/aromatic N) is 1. The van der Waals surface area contributed by atoms with Gasteiger partial charge >= 0.3 is 0 Å². The fraction of sp³-hybridized carbons (Fsp3) is 0.263. The molecule has 8 nitrogen and oxygen atoms in total. The molecule has 2 rings (SSSR count). The highest BCUT2D eigenvalue weighted by molar-refractivity contribution is 6.06.